The highest BCUT2D eigenvalue weighted by atomic mass is 32.2. The van der Waals surface area contributed by atoms with Gasteiger partial charge in [0, 0.05) is 32.2 Å². The molecule has 0 amide bonds. The smallest absolute Gasteiger partial charge is 0.282 e. The lowest BCUT2D eigenvalue weighted by atomic mass is 10.1. The quantitative estimate of drug-likeness (QED) is 0.755. The fourth-order valence-electron chi connectivity index (χ4n) is 2.53. The molecule has 2 rings (SSSR count). The van der Waals surface area contributed by atoms with Crippen LogP contribution in [0.1, 0.15) is 20.3 Å². The number of fused-ring (bicyclic) bond motifs is 1. The molecule has 2 saturated heterocycles. The van der Waals surface area contributed by atoms with Crippen LogP contribution in [0, 0.1) is 5.92 Å². The second-order valence-electron chi connectivity index (χ2n) is 5.00. The van der Waals surface area contributed by atoms with Gasteiger partial charge in [0.15, 0.2) is 0 Å². The van der Waals surface area contributed by atoms with Crippen LogP contribution in [0.5, 0.6) is 0 Å². The average molecular weight is 247 g/mol. The van der Waals surface area contributed by atoms with Crippen molar-refractivity contribution in [2.45, 2.75) is 32.4 Å². The Labute approximate surface area is 98.0 Å². The van der Waals surface area contributed by atoms with E-state index in [4.69, 9.17) is 0 Å². The molecule has 0 spiro atoms. The molecule has 16 heavy (non-hydrogen) atoms. The summed E-state index contributed by atoms with van der Waals surface area (Å²) in [5.41, 5.74) is 0. The summed E-state index contributed by atoms with van der Waals surface area (Å²) >= 11 is 0. The van der Waals surface area contributed by atoms with E-state index in [0.29, 0.717) is 12.5 Å². The van der Waals surface area contributed by atoms with E-state index in [9.17, 15) is 8.42 Å². The zero-order valence-corrected chi connectivity index (χ0v) is 11.0. The third-order valence-corrected chi connectivity index (χ3v) is 5.98. The molecule has 94 valence electrons. The number of nitrogens with zero attached hydrogens (tertiary/aromatic N) is 2. The van der Waals surface area contributed by atoms with Gasteiger partial charge in [0.25, 0.3) is 10.2 Å². The van der Waals surface area contributed by atoms with E-state index in [0.717, 1.165) is 19.5 Å². The Morgan fingerprint density at radius 2 is 2.06 bits per heavy atom. The van der Waals surface area contributed by atoms with Crippen LogP contribution in [-0.2, 0) is 10.2 Å². The third-order valence-electron chi connectivity index (χ3n) is 3.78. The van der Waals surface area contributed by atoms with Crippen molar-refractivity contribution in [1.29, 1.82) is 0 Å². The molecule has 5 nitrogen and oxygen atoms in total. The summed E-state index contributed by atoms with van der Waals surface area (Å²) in [5, 5.41) is 3.27. The predicted molar refractivity (Wildman–Crippen MR) is 63.3 cm³/mol. The summed E-state index contributed by atoms with van der Waals surface area (Å²) in [6.45, 7) is 6.24. The fourth-order valence-corrected chi connectivity index (χ4v) is 4.32. The number of hydrogen-bond donors (Lipinski definition) is 1. The Balaban J connectivity index is 2.18. The largest absolute Gasteiger partial charge is 0.315 e. The second kappa shape index (κ2) is 4.25. The molecule has 0 aliphatic carbocycles. The van der Waals surface area contributed by atoms with E-state index in [1.54, 1.807) is 11.4 Å². The maximum Gasteiger partial charge on any atom is 0.282 e. The van der Waals surface area contributed by atoms with Crippen molar-refractivity contribution < 1.29 is 8.42 Å². The van der Waals surface area contributed by atoms with Gasteiger partial charge in [-0.15, -0.1) is 0 Å². The van der Waals surface area contributed by atoms with Gasteiger partial charge in [-0.1, -0.05) is 0 Å². The molecule has 2 heterocycles. The molecular formula is C10H21N3O2S. The van der Waals surface area contributed by atoms with Crippen LogP contribution >= 0.6 is 0 Å². The number of nitrogens with one attached hydrogen (secondary N) is 1. The molecule has 0 saturated carbocycles. The van der Waals surface area contributed by atoms with E-state index in [1.807, 2.05) is 13.8 Å². The number of hydrogen-bond acceptors (Lipinski definition) is 3. The lowest BCUT2D eigenvalue weighted by Gasteiger charge is -2.30. The Hall–Kier alpha value is -0.170. The van der Waals surface area contributed by atoms with Crippen LogP contribution in [0.3, 0.4) is 0 Å². The molecule has 2 aliphatic rings. The van der Waals surface area contributed by atoms with Gasteiger partial charge in [0.2, 0.25) is 0 Å². The summed E-state index contributed by atoms with van der Waals surface area (Å²) in [5.74, 6) is 0.510. The summed E-state index contributed by atoms with van der Waals surface area (Å²) < 4.78 is 27.8. The van der Waals surface area contributed by atoms with Crippen LogP contribution in [0.2, 0.25) is 0 Å². The second-order valence-corrected chi connectivity index (χ2v) is 6.94. The third kappa shape index (κ3) is 1.88. The zero-order valence-electron chi connectivity index (χ0n) is 10.2. The molecule has 0 aromatic carbocycles. The van der Waals surface area contributed by atoms with Gasteiger partial charge in [-0.3, -0.25) is 0 Å². The molecule has 0 aromatic heterocycles. The maximum absolute atomic E-state index is 12.3. The van der Waals surface area contributed by atoms with E-state index in [1.165, 1.54) is 4.31 Å². The Morgan fingerprint density at radius 3 is 2.69 bits per heavy atom. The lowest BCUT2D eigenvalue weighted by molar-refractivity contribution is 0.321. The van der Waals surface area contributed by atoms with Crippen LogP contribution in [0.4, 0.5) is 0 Å². The summed E-state index contributed by atoms with van der Waals surface area (Å²) in [4.78, 5) is 0. The van der Waals surface area contributed by atoms with E-state index in [2.05, 4.69) is 5.32 Å². The molecule has 0 unspecified atom stereocenters. The first-order valence-corrected chi connectivity index (χ1v) is 7.30. The first-order valence-electron chi connectivity index (χ1n) is 5.90. The minimum atomic E-state index is -3.27. The fraction of sp³-hybridized carbons (Fsp3) is 1.00. The molecule has 2 atom stereocenters. The molecule has 1 N–H and O–H groups in total. The summed E-state index contributed by atoms with van der Waals surface area (Å²) in [7, 11) is -1.60. The number of rotatable bonds is 3. The average Bonchev–Trinajstić information content (AvgIpc) is 2.76. The highest BCUT2D eigenvalue weighted by Gasteiger charge is 2.44. The van der Waals surface area contributed by atoms with Crippen LogP contribution in [0.15, 0.2) is 0 Å². The van der Waals surface area contributed by atoms with Crippen LogP contribution < -0.4 is 5.32 Å². The SMILES string of the molecule is CC(C)N(C)S(=O)(=O)N1CC[C@H]2CNC[C@H]21. The summed E-state index contributed by atoms with van der Waals surface area (Å²) in [6, 6.07) is 0.185. The Bertz CT molecular complexity index is 355. The Kier molecular flexibility index (Phi) is 3.27. The van der Waals surface area contributed by atoms with Crippen molar-refractivity contribution in [2.24, 2.45) is 5.92 Å². The normalized spacial score (nSPS) is 31.6. The van der Waals surface area contributed by atoms with Crippen molar-refractivity contribution in [3.05, 3.63) is 0 Å². The van der Waals surface area contributed by atoms with Crippen molar-refractivity contribution in [1.82, 2.24) is 13.9 Å². The van der Waals surface area contributed by atoms with Crippen molar-refractivity contribution in [3.8, 4) is 0 Å². The lowest BCUT2D eigenvalue weighted by Crippen LogP contribution is -2.48. The molecule has 2 fully saturated rings. The van der Waals surface area contributed by atoms with Crippen molar-refractivity contribution >= 4 is 10.2 Å². The summed E-state index contributed by atoms with van der Waals surface area (Å²) in [6.07, 6.45) is 0.989. The molecular weight excluding hydrogens is 226 g/mol. The van der Waals surface area contributed by atoms with E-state index in [-0.39, 0.29) is 12.1 Å². The zero-order chi connectivity index (χ0) is 11.9. The van der Waals surface area contributed by atoms with Gasteiger partial charge in [0.1, 0.15) is 0 Å². The van der Waals surface area contributed by atoms with Crippen molar-refractivity contribution in [3.63, 3.8) is 0 Å². The van der Waals surface area contributed by atoms with E-state index < -0.39 is 10.2 Å². The topological polar surface area (TPSA) is 52.7 Å². The molecule has 2 aliphatic heterocycles. The van der Waals surface area contributed by atoms with Gasteiger partial charge in [0.05, 0.1) is 0 Å². The first kappa shape index (κ1) is 12.3. The molecule has 0 bridgehead atoms. The highest BCUT2D eigenvalue weighted by Crippen LogP contribution is 2.30. The van der Waals surface area contributed by atoms with Gasteiger partial charge >= 0.3 is 0 Å². The van der Waals surface area contributed by atoms with E-state index >= 15 is 0 Å². The first-order chi connectivity index (χ1) is 7.44. The van der Waals surface area contributed by atoms with Crippen LogP contribution in [0.25, 0.3) is 0 Å². The van der Waals surface area contributed by atoms with Crippen molar-refractivity contribution in [2.75, 3.05) is 26.7 Å². The van der Waals surface area contributed by atoms with Gasteiger partial charge in [-0.2, -0.15) is 17.0 Å². The predicted octanol–water partition coefficient (Wildman–Crippen LogP) is -0.135. The minimum absolute atomic E-state index is 0.0124. The van der Waals surface area contributed by atoms with Crippen LogP contribution in [-0.4, -0.2) is 55.8 Å². The highest BCUT2D eigenvalue weighted by molar-refractivity contribution is 7.86. The standard InChI is InChI=1S/C10H21N3O2S/c1-8(2)12(3)16(14,15)13-5-4-9-6-11-7-10(9)13/h8-11H,4-7H2,1-3H3/t9-,10+/m0/s1. The van der Waals surface area contributed by atoms with Gasteiger partial charge in [-0.25, -0.2) is 0 Å². The van der Waals surface area contributed by atoms with Gasteiger partial charge in [-0.05, 0) is 32.7 Å². The molecule has 0 aromatic rings. The maximum atomic E-state index is 12.3. The van der Waals surface area contributed by atoms with Gasteiger partial charge < -0.3 is 5.32 Å². The minimum Gasteiger partial charge on any atom is -0.315 e. The molecule has 6 heteroatoms. The Morgan fingerprint density at radius 1 is 1.38 bits per heavy atom. The molecule has 0 radical (unpaired) electrons. The monoisotopic (exact) mass is 247 g/mol.